The first-order valence-corrected chi connectivity index (χ1v) is 8.00. The number of rotatable bonds is 5. The SMILES string of the molecule is Nc1nc(-c2ccc(C[C@H](N)C(=O)O)cc2)cc(-c2cc(F)cc(F)c2)n1. The summed E-state index contributed by atoms with van der Waals surface area (Å²) in [7, 11) is 0. The van der Waals surface area contributed by atoms with Crippen LogP contribution in [-0.2, 0) is 11.2 Å². The van der Waals surface area contributed by atoms with Gasteiger partial charge in [0.05, 0.1) is 11.4 Å². The molecule has 1 aromatic heterocycles. The summed E-state index contributed by atoms with van der Waals surface area (Å²) >= 11 is 0. The number of anilines is 1. The Labute approximate surface area is 153 Å². The number of carbonyl (C=O) groups is 1. The summed E-state index contributed by atoms with van der Waals surface area (Å²) in [5, 5.41) is 8.88. The molecule has 0 unspecified atom stereocenters. The van der Waals surface area contributed by atoms with Crippen molar-refractivity contribution in [3.63, 3.8) is 0 Å². The third kappa shape index (κ3) is 4.42. The third-order valence-corrected chi connectivity index (χ3v) is 3.92. The van der Waals surface area contributed by atoms with Crippen LogP contribution in [-0.4, -0.2) is 27.1 Å². The van der Waals surface area contributed by atoms with E-state index in [1.54, 1.807) is 30.3 Å². The molecule has 0 aliphatic heterocycles. The van der Waals surface area contributed by atoms with Crippen molar-refractivity contribution in [2.75, 3.05) is 5.73 Å². The molecule has 1 atom stereocenters. The molecule has 0 radical (unpaired) electrons. The Hall–Kier alpha value is -3.39. The highest BCUT2D eigenvalue weighted by Gasteiger charge is 2.13. The van der Waals surface area contributed by atoms with Gasteiger partial charge < -0.3 is 16.6 Å². The summed E-state index contributed by atoms with van der Waals surface area (Å²) in [4.78, 5) is 19.0. The first-order valence-electron chi connectivity index (χ1n) is 8.00. The van der Waals surface area contributed by atoms with Gasteiger partial charge in [-0.1, -0.05) is 24.3 Å². The van der Waals surface area contributed by atoms with Crippen molar-refractivity contribution in [2.24, 2.45) is 5.73 Å². The van der Waals surface area contributed by atoms with Gasteiger partial charge >= 0.3 is 5.97 Å². The predicted octanol–water partition coefficient (Wildman–Crippen LogP) is 2.63. The van der Waals surface area contributed by atoms with Gasteiger partial charge in [0.1, 0.15) is 17.7 Å². The largest absolute Gasteiger partial charge is 0.480 e. The zero-order valence-electron chi connectivity index (χ0n) is 14.1. The Morgan fingerprint density at radius 2 is 1.52 bits per heavy atom. The fourth-order valence-corrected chi connectivity index (χ4v) is 2.62. The zero-order valence-corrected chi connectivity index (χ0v) is 14.1. The molecule has 0 fully saturated rings. The van der Waals surface area contributed by atoms with Crippen LogP contribution in [0.2, 0.25) is 0 Å². The number of aliphatic carboxylic acids is 1. The van der Waals surface area contributed by atoms with Gasteiger partial charge in [0.15, 0.2) is 0 Å². The fraction of sp³-hybridized carbons (Fsp3) is 0.105. The normalized spacial score (nSPS) is 12.0. The molecule has 0 saturated carbocycles. The second kappa shape index (κ2) is 7.46. The van der Waals surface area contributed by atoms with Crippen molar-refractivity contribution in [1.82, 2.24) is 9.97 Å². The lowest BCUT2D eigenvalue weighted by molar-refractivity contribution is -0.138. The van der Waals surface area contributed by atoms with Gasteiger partial charge in [0.2, 0.25) is 5.95 Å². The van der Waals surface area contributed by atoms with E-state index in [2.05, 4.69) is 9.97 Å². The third-order valence-electron chi connectivity index (χ3n) is 3.92. The summed E-state index contributed by atoms with van der Waals surface area (Å²) in [5.41, 5.74) is 13.7. The van der Waals surface area contributed by atoms with E-state index in [0.29, 0.717) is 11.3 Å². The van der Waals surface area contributed by atoms with Crippen LogP contribution in [0.25, 0.3) is 22.5 Å². The highest BCUT2D eigenvalue weighted by molar-refractivity contribution is 5.74. The summed E-state index contributed by atoms with van der Waals surface area (Å²) in [5.74, 6) is -2.55. The lowest BCUT2D eigenvalue weighted by Gasteiger charge is -2.09. The molecule has 5 N–H and O–H groups in total. The van der Waals surface area contributed by atoms with Crippen molar-refractivity contribution in [1.29, 1.82) is 0 Å². The van der Waals surface area contributed by atoms with Crippen LogP contribution in [0.3, 0.4) is 0 Å². The number of carboxylic acid groups (broad SMARTS) is 1. The minimum Gasteiger partial charge on any atom is -0.480 e. The molecule has 0 bridgehead atoms. The number of nitrogen functional groups attached to an aromatic ring is 1. The van der Waals surface area contributed by atoms with E-state index >= 15 is 0 Å². The first-order chi connectivity index (χ1) is 12.8. The average molecular weight is 370 g/mol. The van der Waals surface area contributed by atoms with E-state index in [1.807, 2.05) is 0 Å². The Bertz CT molecular complexity index is 973. The van der Waals surface area contributed by atoms with Crippen molar-refractivity contribution in [3.8, 4) is 22.5 Å². The molecule has 27 heavy (non-hydrogen) atoms. The zero-order chi connectivity index (χ0) is 19.6. The molecular formula is C19H16F2N4O2. The van der Waals surface area contributed by atoms with E-state index in [-0.39, 0.29) is 23.6 Å². The van der Waals surface area contributed by atoms with Gasteiger partial charge in [-0.3, -0.25) is 4.79 Å². The van der Waals surface area contributed by atoms with E-state index in [4.69, 9.17) is 16.6 Å². The van der Waals surface area contributed by atoms with E-state index < -0.39 is 23.6 Å². The summed E-state index contributed by atoms with van der Waals surface area (Å²) < 4.78 is 27.0. The maximum Gasteiger partial charge on any atom is 0.320 e. The summed E-state index contributed by atoms with van der Waals surface area (Å²) in [6, 6.07) is 10.6. The van der Waals surface area contributed by atoms with Crippen molar-refractivity contribution >= 4 is 11.9 Å². The van der Waals surface area contributed by atoms with Crippen LogP contribution >= 0.6 is 0 Å². The van der Waals surface area contributed by atoms with Crippen LogP contribution in [0.5, 0.6) is 0 Å². The second-order valence-electron chi connectivity index (χ2n) is 6.00. The maximum absolute atomic E-state index is 13.5. The maximum atomic E-state index is 13.5. The quantitative estimate of drug-likeness (QED) is 0.636. The highest BCUT2D eigenvalue weighted by atomic mass is 19.1. The second-order valence-corrected chi connectivity index (χ2v) is 6.00. The number of carboxylic acids is 1. The monoisotopic (exact) mass is 370 g/mol. The van der Waals surface area contributed by atoms with E-state index in [0.717, 1.165) is 23.8 Å². The molecule has 3 aromatic rings. The van der Waals surface area contributed by atoms with Crippen molar-refractivity contribution in [2.45, 2.75) is 12.5 Å². The van der Waals surface area contributed by atoms with Gasteiger partial charge in [-0.15, -0.1) is 0 Å². The molecular weight excluding hydrogens is 354 g/mol. The molecule has 138 valence electrons. The molecule has 8 heteroatoms. The lowest BCUT2D eigenvalue weighted by Crippen LogP contribution is -2.32. The van der Waals surface area contributed by atoms with Gasteiger partial charge in [-0.2, -0.15) is 0 Å². The topological polar surface area (TPSA) is 115 Å². The fourth-order valence-electron chi connectivity index (χ4n) is 2.62. The highest BCUT2D eigenvalue weighted by Crippen LogP contribution is 2.26. The molecule has 0 amide bonds. The molecule has 3 rings (SSSR count). The number of benzene rings is 2. The summed E-state index contributed by atoms with van der Waals surface area (Å²) in [6.45, 7) is 0. The van der Waals surface area contributed by atoms with E-state index in [9.17, 15) is 13.6 Å². The Morgan fingerprint density at radius 1 is 0.963 bits per heavy atom. The number of nitrogens with zero attached hydrogens (tertiary/aromatic N) is 2. The van der Waals surface area contributed by atoms with E-state index in [1.165, 1.54) is 0 Å². The molecule has 0 spiro atoms. The Balaban J connectivity index is 1.93. The average Bonchev–Trinajstić information content (AvgIpc) is 2.61. The summed E-state index contributed by atoms with van der Waals surface area (Å²) in [6.07, 6.45) is 0.190. The first kappa shape index (κ1) is 18.4. The lowest BCUT2D eigenvalue weighted by atomic mass is 10.0. The number of aromatic nitrogens is 2. The predicted molar refractivity (Wildman–Crippen MR) is 96.5 cm³/mol. The van der Waals surface area contributed by atoms with Crippen LogP contribution in [0.15, 0.2) is 48.5 Å². The number of nitrogens with two attached hydrogens (primary N) is 2. The molecule has 0 saturated heterocycles. The van der Waals surface area contributed by atoms with Crippen molar-refractivity contribution < 1.29 is 18.7 Å². The molecule has 0 aliphatic carbocycles. The number of hydrogen-bond acceptors (Lipinski definition) is 5. The van der Waals surface area contributed by atoms with Crippen molar-refractivity contribution in [3.05, 3.63) is 65.7 Å². The van der Waals surface area contributed by atoms with Gasteiger partial charge in [0.25, 0.3) is 0 Å². The number of halogens is 2. The van der Waals surface area contributed by atoms with Crippen LogP contribution in [0.4, 0.5) is 14.7 Å². The standard InChI is InChI=1S/C19H16F2N4O2/c20-13-6-12(7-14(21)8-13)17-9-16(24-19(23)25-17)11-3-1-10(2-4-11)5-15(22)18(26)27/h1-4,6-9,15H,5,22H2,(H,26,27)(H2,23,24,25)/t15-/m0/s1. The van der Waals surface area contributed by atoms with Crippen LogP contribution < -0.4 is 11.5 Å². The minimum atomic E-state index is -1.07. The van der Waals surface area contributed by atoms with Crippen LogP contribution in [0, 0.1) is 11.6 Å². The van der Waals surface area contributed by atoms with Gasteiger partial charge in [-0.25, -0.2) is 18.7 Å². The number of hydrogen-bond donors (Lipinski definition) is 3. The van der Waals surface area contributed by atoms with Gasteiger partial charge in [-0.05, 0) is 30.2 Å². The smallest absolute Gasteiger partial charge is 0.320 e. The van der Waals surface area contributed by atoms with Crippen LogP contribution in [0.1, 0.15) is 5.56 Å². The Morgan fingerprint density at radius 3 is 2.07 bits per heavy atom. The Kier molecular flexibility index (Phi) is 5.09. The molecule has 0 aliphatic rings. The van der Waals surface area contributed by atoms with Gasteiger partial charge in [0, 0.05) is 17.2 Å². The molecule has 6 nitrogen and oxygen atoms in total. The minimum absolute atomic E-state index is 0.0378. The molecule has 1 heterocycles. The molecule has 2 aromatic carbocycles.